The maximum atomic E-state index is 13.4. The normalized spacial score (nSPS) is 14.7. The number of allylic oxidation sites excluding steroid dienone is 2. The average molecular weight is 1720 g/mol. The fraction of sp³-hybridized carbons (Fsp3) is 0.648. The van der Waals surface area contributed by atoms with Crippen molar-refractivity contribution in [2.24, 2.45) is 81.4 Å². The van der Waals surface area contributed by atoms with Crippen molar-refractivity contribution in [3.63, 3.8) is 0 Å². The lowest BCUT2D eigenvalue weighted by Crippen LogP contribution is -2.41. The number of likely N-dealkylation sites (tertiary alicyclic amines) is 2. The Morgan fingerprint density at radius 1 is 0.482 bits per heavy atom. The highest BCUT2D eigenvalue weighted by Gasteiger charge is 2.34. The van der Waals surface area contributed by atoms with E-state index in [0.29, 0.717) is 86.2 Å². The first-order valence-corrected chi connectivity index (χ1v) is 45.8. The van der Waals surface area contributed by atoms with E-state index in [9.17, 15) is 53.6 Å². The number of carbonyl (C=O) groups excluding carboxylic acids is 4. The van der Waals surface area contributed by atoms with Crippen LogP contribution in [0.25, 0.3) is 0 Å². The summed E-state index contributed by atoms with van der Waals surface area (Å²) >= 11 is 24.3. The van der Waals surface area contributed by atoms with E-state index in [2.05, 4.69) is 145 Å². The SMILES string of the molecule is C.CC.CC(C)CC(C)C.CC(C)CN1C(=O)CCC1=O.CC(C)CN1CCCC1=O.CC(C)CN1N=NC2C=CC=CC2C1=O.CC(C)CS(C)(=O)=O.CC(C)Cc1ccccc1.CCCC(C)C.Cc1c(Cl)c(Cl)c(Cl)c(CC(C)C)c1Cl.Cc1c(F)c(F)c(F)c(CC(C)C)c1F.Cc1ccc(S(=O)(=O)CC(C)C)cc1. The molecule has 114 heavy (non-hydrogen) atoms. The summed E-state index contributed by atoms with van der Waals surface area (Å²) in [5.74, 6) is 0.987. The van der Waals surface area contributed by atoms with E-state index >= 15 is 0 Å². The Kier molecular flexibility index (Phi) is 60.9. The molecule has 4 amide bonds. The van der Waals surface area contributed by atoms with Crippen molar-refractivity contribution in [1.82, 2.24) is 14.8 Å². The molecule has 2 unspecified atom stereocenters. The smallest absolute Gasteiger partial charge is 0.253 e. The van der Waals surface area contributed by atoms with Gasteiger partial charge in [-0.25, -0.2) is 39.4 Å². The van der Waals surface area contributed by atoms with Crippen molar-refractivity contribution in [2.75, 3.05) is 43.9 Å². The van der Waals surface area contributed by atoms with E-state index in [1.165, 1.54) is 47.4 Å². The molecule has 654 valence electrons. The van der Waals surface area contributed by atoms with Crippen LogP contribution in [0, 0.1) is 115 Å². The Hall–Kier alpha value is -5.18. The first kappa shape index (κ1) is 115. The number of benzene rings is 4. The Morgan fingerprint density at radius 2 is 0.956 bits per heavy atom. The van der Waals surface area contributed by atoms with Gasteiger partial charge in [0.15, 0.2) is 27.3 Å². The third-order valence-corrected chi connectivity index (χ3v) is 21.5. The highest BCUT2D eigenvalue weighted by Crippen LogP contribution is 2.42. The van der Waals surface area contributed by atoms with E-state index in [0.717, 1.165) is 79.6 Å². The zero-order chi connectivity index (χ0) is 88.1. The maximum Gasteiger partial charge on any atom is 0.253 e. The molecule has 1 aliphatic carbocycles. The molecular weight excluding hydrogens is 1570 g/mol. The Bertz CT molecular complexity index is 3580. The summed E-state index contributed by atoms with van der Waals surface area (Å²) in [5, 5.41) is 11.5. The molecule has 3 heterocycles. The van der Waals surface area contributed by atoms with Crippen molar-refractivity contribution in [3.8, 4) is 0 Å². The lowest BCUT2D eigenvalue weighted by Gasteiger charge is -2.29. The van der Waals surface area contributed by atoms with Crippen LogP contribution in [0.5, 0.6) is 0 Å². The molecular formula is C91H149Cl4F4N5O8S2. The van der Waals surface area contributed by atoms with Crippen LogP contribution < -0.4 is 0 Å². The number of nitrogens with zero attached hydrogens (tertiary/aromatic N) is 5. The Balaban J connectivity index is -0.000000595. The van der Waals surface area contributed by atoms with Crippen molar-refractivity contribution in [2.45, 2.75) is 276 Å². The molecule has 4 aromatic carbocycles. The lowest BCUT2D eigenvalue weighted by molar-refractivity contribution is -0.139. The maximum absolute atomic E-state index is 13.4. The number of aryl methyl sites for hydroxylation is 1. The van der Waals surface area contributed by atoms with Crippen LogP contribution in [0.3, 0.4) is 0 Å². The number of amides is 4. The molecule has 0 radical (unpaired) electrons. The van der Waals surface area contributed by atoms with Crippen molar-refractivity contribution < 1.29 is 53.6 Å². The van der Waals surface area contributed by atoms with Crippen molar-refractivity contribution >= 4 is 89.7 Å². The van der Waals surface area contributed by atoms with Crippen LogP contribution in [0.4, 0.5) is 17.6 Å². The average Bonchev–Trinajstić information content (AvgIpc) is 1.03. The second-order valence-corrected chi connectivity index (χ2v) is 39.3. The fourth-order valence-electron chi connectivity index (χ4n) is 11.6. The predicted molar refractivity (Wildman–Crippen MR) is 477 cm³/mol. The van der Waals surface area contributed by atoms with Crippen LogP contribution in [-0.2, 0) is 58.1 Å². The largest absolute Gasteiger partial charge is 0.342 e. The fourth-order valence-corrected chi connectivity index (χ4v) is 15.5. The number of fused-ring (bicyclic) bond motifs is 1. The van der Waals surface area contributed by atoms with Gasteiger partial charge in [-0.3, -0.25) is 24.1 Å². The number of hydrogen-bond donors (Lipinski definition) is 0. The van der Waals surface area contributed by atoms with Crippen LogP contribution in [-0.4, -0.2) is 105 Å². The molecule has 23 heteroatoms. The Labute approximate surface area is 710 Å². The molecule has 3 aliphatic heterocycles. The number of hydrogen-bond acceptors (Lipinski definition) is 10. The molecule has 0 N–H and O–H groups in total. The van der Waals surface area contributed by atoms with Gasteiger partial charge in [0.05, 0.1) is 37.4 Å². The van der Waals surface area contributed by atoms with Crippen LogP contribution in [0.2, 0.25) is 20.1 Å². The van der Waals surface area contributed by atoms with Crippen molar-refractivity contribution in [3.05, 3.63) is 156 Å². The number of imide groups is 1. The molecule has 2 fully saturated rings. The summed E-state index contributed by atoms with van der Waals surface area (Å²) in [7, 11) is -5.80. The van der Waals surface area contributed by atoms with Gasteiger partial charge in [-0.2, -0.15) is 5.11 Å². The van der Waals surface area contributed by atoms with E-state index < -0.39 is 48.5 Å². The zero-order valence-electron chi connectivity index (χ0n) is 74.2. The topological polar surface area (TPSA) is 171 Å². The van der Waals surface area contributed by atoms with Gasteiger partial charge in [-0.05, 0) is 147 Å². The van der Waals surface area contributed by atoms with Crippen LogP contribution in [0.15, 0.2) is 94.1 Å². The second kappa shape index (κ2) is 60.3. The van der Waals surface area contributed by atoms with E-state index in [1.807, 2.05) is 111 Å². The minimum Gasteiger partial charge on any atom is -0.342 e. The predicted octanol–water partition coefficient (Wildman–Crippen LogP) is 26.4. The number of carbonyl (C=O) groups is 4. The minimum atomic E-state index is -3.08. The van der Waals surface area contributed by atoms with Gasteiger partial charge in [-0.15, -0.1) is 0 Å². The molecule has 4 aliphatic rings. The molecule has 0 spiro atoms. The quantitative estimate of drug-likeness (QED) is 0.0343. The summed E-state index contributed by atoms with van der Waals surface area (Å²) in [6.07, 6.45) is 17.6. The van der Waals surface area contributed by atoms with E-state index in [1.54, 1.807) is 26.0 Å². The van der Waals surface area contributed by atoms with Gasteiger partial charge in [0.25, 0.3) is 5.91 Å². The number of sulfone groups is 2. The second-order valence-electron chi connectivity index (χ2n) is 33.6. The summed E-state index contributed by atoms with van der Waals surface area (Å²) < 4.78 is 96.9. The number of rotatable bonds is 21. The van der Waals surface area contributed by atoms with E-state index in [-0.39, 0.29) is 72.6 Å². The van der Waals surface area contributed by atoms with Gasteiger partial charge in [0, 0.05) is 67.8 Å². The monoisotopic (exact) mass is 1720 g/mol. The third-order valence-electron chi connectivity index (χ3n) is 16.2. The van der Waals surface area contributed by atoms with Gasteiger partial charge in [0.1, 0.15) is 21.7 Å². The minimum absolute atomic E-state index is 0. The number of halogens is 8. The zero-order valence-corrected chi connectivity index (χ0v) is 78.8. The summed E-state index contributed by atoms with van der Waals surface area (Å²) in [4.78, 5) is 48.8. The summed E-state index contributed by atoms with van der Waals surface area (Å²) in [6.45, 7) is 60.0. The standard InChI is InChI=1S/C11H12Cl4.C11H12F4.C11H15N3O.C11H16O2S.C10H14.C8H13NO2.C8H15NO.C7H16.C6H14.C5H12O2S.C2H6.CH4/c2*1-5(2)4-7-8(12)6(3)9(13)11(15)10(7)14;1-8(2)7-14-11(15)9-5-3-4-6-10(9)12-13-14;1-9(2)8-14(12,13)11-6-4-10(3)5-7-11;1-9(2)8-10-6-4-3-5-7-10;1-6(2)5-9-7(10)3-4-8(9)11;1-7(2)6-9-5-3-4-8(9)10;1-6(2)5-7(3)4;1-4-5-6(2)3;1-5(2)4-8(3,6)7;1-2;/h2*5H,4H2,1-3H3;3-6,8-10H,7H2,1-2H3;4-7,9H,8H2,1-3H3;3-7,9H,8H2,1-2H3;6H,3-5H2,1-2H3;7H,3-6H2,1-2H3;6-7H,5H2,1-4H3;6H,4-5H2,1-3H3;5H,4H2,1-3H3;1-2H3;1H4. The Morgan fingerprint density at radius 3 is 1.34 bits per heavy atom. The van der Waals surface area contributed by atoms with Crippen LogP contribution >= 0.6 is 46.4 Å². The first-order chi connectivity index (χ1) is 52.2. The van der Waals surface area contributed by atoms with Crippen LogP contribution in [0.1, 0.15) is 259 Å². The highest BCUT2D eigenvalue weighted by molar-refractivity contribution is 7.91. The molecule has 13 nitrogen and oxygen atoms in total. The van der Waals surface area contributed by atoms with Crippen molar-refractivity contribution in [1.29, 1.82) is 0 Å². The molecule has 0 aromatic heterocycles. The molecule has 8 rings (SSSR count). The molecule has 0 bridgehead atoms. The molecule has 2 saturated heterocycles. The van der Waals surface area contributed by atoms with E-state index in [4.69, 9.17) is 46.4 Å². The third kappa shape index (κ3) is 49.9. The highest BCUT2D eigenvalue weighted by atomic mass is 35.5. The molecule has 2 atom stereocenters. The summed E-state index contributed by atoms with van der Waals surface area (Å²) in [5.41, 5.74) is 3.36. The molecule has 0 saturated carbocycles. The van der Waals surface area contributed by atoms with Gasteiger partial charge < -0.3 is 4.90 Å². The van der Waals surface area contributed by atoms with Gasteiger partial charge in [0.2, 0.25) is 17.7 Å². The van der Waals surface area contributed by atoms with Gasteiger partial charge in [-0.1, -0.05) is 317 Å². The first-order valence-electron chi connectivity index (χ1n) is 40.5. The summed E-state index contributed by atoms with van der Waals surface area (Å²) in [6, 6.07) is 17.5. The van der Waals surface area contributed by atoms with Gasteiger partial charge >= 0.3 is 0 Å². The lowest BCUT2D eigenvalue weighted by atomic mass is 9.94. The molecule has 4 aromatic rings.